The molecule has 156 valence electrons. The summed E-state index contributed by atoms with van der Waals surface area (Å²) in [7, 11) is -3.40. The highest BCUT2D eigenvalue weighted by Gasteiger charge is 2.28. The van der Waals surface area contributed by atoms with E-state index in [0.29, 0.717) is 18.0 Å². The van der Waals surface area contributed by atoms with Crippen LogP contribution < -0.4 is 5.32 Å². The van der Waals surface area contributed by atoms with E-state index >= 15 is 0 Å². The monoisotopic (exact) mass is 447 g/mol. The number of sulfonamides is 1. The minimum atomic E-state index is -3.40. The van der Waals surface area contributed by atoms with Crippen LogP contribution in [-0.4, -0.2) is 60.1 Å². The van der Waals surface area contributed by atoms with Crippen LogP contribution in [-0.2, 0) is 29.7 Å². The van der Waals surface area contributed by atoms with E-state index in [9.17, 15) is 8.42 Å². The standard InChI is InChI=1S/C18H25N5O2S.2ClH/c1-15-2-4-18(5-3-15)26(24,25)22-10-8-21(9-11-22)14-16-12-17-13-19-6-7-23(17)20-16;;/h2-5,12,19H,6-11,13-14H2,1H3;2*1H. The molecule has 0 atom stereocenters. The lowest BCUT2D eigenvalue weighted by Crippen LogP contribution is -2.48. The average Bonchev–Trinajstić information content (AvgIpc) is 3.05. The van der Waals surface area contributed by atoms with Gasteiger partial charge in [-0.1, -0.05) is 17.7 Å². The molecule has 0 saturated carbocycles. The molecule has 2 aromatic rings. The van der Waals surface area contributed by atoms with Gasteiger partial charge in [0.2, 0.25) is 10.0 Å². The van der Waals surface area contributed by atoms with Crippen molar-refractivity contribution < 1.29 is 8.42 Å². The van der Waals surface area contributed by atoms with E-state index in [-0.39, 0.29) is 24.8 Å². The molecule has 28 heavy (non-hydrogen) atoms. The molecule has 2 aliphatic rings. The van der Waals surface area contributed by atoms with E-state index in [1.165, 1.54) is 5.69 Å². The van der Waals surface area contributed by atoms with Gasteiger partial charge in [0.1, 0.15) is 0 Å². The van der Waals surface area contributed by atoms with Gasteiger partial charge in [0, 0.05) is 45.8 Å². The molecule has 3 heterocycles. The summed E-state index contributed by atoms with van der Waals surface area (Å²) in [6, 6.07) is 9.24. The number of nitrogens with one attached hydrogen (secondary N) is 1. The van der Waals surface area contributed by atoms with Gasteiger partial charge in [-0.3, -0.25) is 9.58 Å². The van der Waals surface area contributed by atoms with E-state index in [4.69, 9.17) is 0 Å². The molecule has 0 bridgehead atoms. The first kappa shape index (κ1) is 23.1. The van der Waals surface area contributed by atoms with Gasteiger partial charge >= 0.3 is 0 Å². The first-order chi connectivity index (χ1) is 12.5. The predicted molar refractivity (Wildman–Crippen MR) is 114 cm³/mol. The average molecular weight is 448 g/mol. The summed E-state index contributed by atoms with van der Waals surface area (Å²) in [5.41, 5.74) is 3.36. The predicted octanol–water partition coefficient (Wildman–Crippen LogP) is 1.64. The number of benzene rings is 1. The fourth-order valence-corrected chi connectivity index (χ4v) is 4.97. The number of nitrogens with zero attached hydrogens (tertiary/aromatic N) is 4. The Morgan fingerprint density at radius 2 is 1.71 bits per heavy atom. The largest absolute Gasteiger partial charge is 0.309 e. The maximum atomic E-state index is 12.8. The van der Waals surface area contributed by atoms with Crippen molar-refractivity contribution in [1.82, 2.24) is 24.3 Å². The van der Waals surface area contributed by atoms with Gasteiger partial charge in [-0.15, -0.1) is 24.8 Å². The summed E-state index contributed by atoms with van der Waals surface area (Å²) in [5.74, 6) is 0. The summed E-state index contributed by atoms with van der Waals surface area (Å²) < 4.78 is 29.2. The first-order valence-corrected chi connectivity index (χ1v) is 10.5. The molecule has 0 spiro atoms. The van der Waals surface area contributed by atoms with Crippen molar-refractivity contribution in [2.45, 2.75) is 31.5 Å². The number of hydrogen-bond acceptors (Lipinski definition) is 5. The third-order valence-electron chi connectivity index (χ3n) is 5.10. The van der Waals surface area contributed by atoms with E-state index in [2.05, 4.69) is 26.1 Å². The zero-order valence-electron chi connectivity index (χ0n) is 15.9. The fourth-order valence-electron chi connectivity index (χ4n) is 3.55. The van der Waals surface area contributed by atoms with Gasteiger partial charge in [-0.05, 0) is 25.1 Å². The molecule has 0 aliphatic carbocycles. The Kier molecular flexibility index (Phi) is 7.89. The number of rotatable bonds is 4. The Labute approximate surface area is 179 Å². The molecule has 0 radical (unpaired) electrons. The van der Waals surface area contributed by atoms with Crippen molar-refractivity contribution in [3.05, 3.63) is 47.3 Å². The van der Waals surface area contributed by atoms with Crippen LogP contribution in [0.3, 0.4) is 0 Å². The van der Waals surface area contributed by atoms with Crippen molar-refractivity contribution in [2.24, 2.45) is 0 Å². The highest BCUT2D eigenvalue weighted by molar-refractivity contribution is 7.89. The number of aromatic nitrogens is 2. The van der Waals surface area contributed by atoms with E-state index in [0.717, 1.165) is 50.5 Å². The molecule has 2 aliphatic heterocycles. The molecule has 1 saturated heterocycles. The van der Waals surface area contributed by atoms with E-state index in [1.54, 1.807) is 16.4 Å². The van der Waals surface area contributed by atoms with Gasteiger partial charge in [-0.2, -0.15) is 9.40 Å². The second kappa shape index (κ2) is 9.56. The zero-order chi connectivity index (χ0) is 18.1. The maximum absolute atomic E-state index is 12.8. The lowest BCUT2D eigenvalue weighted by atomic mass is 10.2. The summed E-state index contributed by atoms with van der Waals surface area (Å²) in [6.45, 7) is 7.97. The highest BCUT2D eigenvalue weighted by atomic mass is 35.5. The number of halogens is 2. The topological polar surface area (TPSA) is 70.5 Å². The van der Waals surface area contributed by atoms with Crippen LogP contribution in [0.1, 0.15) is 17.0 Å². The Morgan fingerprint density at radius 3 is 2.36 bits per heavy atom. The number of piperazine rings is 1. The van der Waals surface area contributed by atoms with Crippen LogP contribution in [0, 0.1) is 6.92 Å². The zero-order valence-corrected chi connectivity index (χ0v) is 18.3. The Bertz CT molecular complexity index is 854. The van der Waals surface area contributed by atoms with E-state index < -0.39 is 10.0 Å². The number of fused-ring (bicyclic) bond motifs is 1. The Morgan fingerprint density at radius 1 is 1.04 bits per heavy atom. The van der Waals surface area contributed by atoms with Crippen molar-refractivity contribution in [3.63, 3.8) is 0 Å². The minimum absolute atomic E-state index is 0. The van der Waals surface area contributed by atoms with Crippen molar-refractivity contribution >= 4 is 34.8 Å². The van der Waals surface area contributed by atoms with Crippen LogP contribution in [0.5, 0.6) is 0 Å². The van der Waals surface area contributed by atoms with Crippen LogP contribution in [0.2, 0.25) is 0 Å². The van der Waals surface area contributed by atoms with Crippen LogP contribution in [0.4, 0.5) is 0 Å². The SMILES string of the molecule is Cc1ccc(S(=O)(=O)N2CCN(Cc3cc4n(n3)CCNC4)CC2)cc1.Cl.Cl. The lowest BCUT2D eigenvalue weighted by molar-refractivity contribution is 0.179. The number of hydrogen-bond donors (Lipinski definition) is 1. The van der Waals surface area contributed by atoms with Crippen molar-refractivity contribution in [2.75, 3.05) is 32.7 Å². The summed E-state index contributed by atoms with van der Waals surface area (Å²) in [4.78, 5) is 2.66. The summed E-state index contributed by atoms with van der Waals surface area (Å²) in [5, 5.41) is 8.02. The smallest absolute Gasteiger partial charge is 0.243 e. The van der Waals surface area contributed by atoms with Crippen LogP contribution in [0.15, 0.2) is 35.2 Å². The van der Waals surface area contributed by atoms with Gasteiger partial charge < -0.3 is 5.32 Å². The molecule has 4 rings (SSSR count). The van der Waals surface area contributed by atoms with Gasteiger partial charge in [-0.25, -0.2) is 8.42 Å². The molecule has 0 unspecified atom stereocenters. The summed E-state index contributed by atoms with van der Waals surface area (Å²) in [6.07, 6.45) is 0. The van der Waals surface area contributed by atoms with Crippen LogP contribution >= 0.6 is 24.8 Å². The molecular formula is C18H27Cl2N5O2S. The summed E-state index contributed by atoms with van der Waals surface area (Å²) >= 11 is 0. The molecule has 1 fully saturated rings. The Balaban J connectivity index is 0.00000140. The normalized spacial score (nSPS) is 18.0. The molecule has 10 heteroatoms. The van der Waals surface area contributed by atoms with Crippen LogP contribution in [0.25, 0.3) is 0 Å². The third-order valence-corrected chi connectivity index (χ3v) is 7.01. The number of aryl methyl sites for hydroxylation is 1. The van der Waals surface area contributed by atoms with Gasteiger partial charge in [0.15, 0.2) is 0 Å². The molecular weight excluding hydrogens is 421 g/mol. The molecule has 1 aromatic heterocycles. The lowest BCUT2D eigenvalue weighted by Gasteiger charge is -2.33. The second-order valence-electron chi connectivity index (χ2n) is 7.02. The highest BCUT2D eigenvalue weighted by Crippen LogP contribution is 2.19. The van der Waals surface area contributed by atoms with Crippen molar-refractivity contribution in [3.8, 4) is 0 Å². The molecule has 1 aromatic carbocycles. The Hall–Kier alpha value is -1.16. The first-order valence-electron chi connectivity index (χ1n) is 9.08. The molecule has 1 N–H and O–H groups in total. The van der Waals surface area contributed by atoms with Crippen molar-refractivity contribution in [1.29, 1.82) is 0 Å². The van der Waals surface area contributed by atoms with E-state index in [1.807, 2.05) is 19.1 Å². The minimum Gasteiger partial charge on any atom is -0.309 e. The fraction of sp³-hybridized carbons (Fsp3) is 0.500. The molecule has 7 nitrogen and oxygen atoms in total. The van der Waals surface area contributed by atoms with Gasteiger partial charge in [0.25, 0.3) is 0 Å². The third kappa shape index (κ3) is 4.87. The molecule has 0 amide bonds. The quantitative estimate of drug-likeness (QED) is 0.771. The maximum Gasteiger partial charge on any atom is 0.243 e. The second-order valence-corrected chi connectivity index (χ2v) is 8.96. The van der Waals surface area contributed by atoms with Gasteiger partial charge in [0.05, 0.1) is 22.8 Å².